The summed E-state index contributed by atoms with van der Waals surface area (Å²) < 4.78 is 27.5. The predicted molar refractivity (Wildman–Crippen MR) is 87.8 cm³/mol. The Balaban J connectivity index is 2.06. The molecule has 3 rings (SSSR count). The Morgan fingerprint density at radius 3 is 2.71 bits per heavy atom. The van der Waals surface area contributed by atoms with Crippen molar-refractivity contribution in [1.29, 1.82) is 0 Å². The van der Waals surface area contributed by atoms with E-state index in [0.29, 0.717) is 5.56 Å². The van der Waals surface area contributed by atoms with Gasteiger partial charge in [0.2, 0.25) is 0 Å². The molecule has 5 heteroatoms. The molecule has 24 heavy (non-hydrogen) atoms. The summed E-state index contributed by atoms with van der Waals surface area (Å²) in [6.07, 6.45) is 0.506. The molecule has 2 aromatic carbocycles. The number of carboxylic acid groups (broad SMARTS) is 1. The number of hydrogen-bond donors (Lipinski definition) is 2. The van der Waals surface area contributed by atoms with E-state index in [4.69, 9.17) is 5.11 Å². The van der Waals surface area contributed by atoms with Crippen LogP contribution in [0, 0.1) is 17.0 Å². The molecule has 1 aliphatic rings. The second kappa shape index (κ2) is 5.89. The normalized spacial score (nSPS) is 18.8. The predicted octanol–water partition coefficient (Wildman–Crippen LogP) is 4.91. The highest BCUT2D eigenvalue weighted by atomic mass is 19.2. The lowest BCUT2D eigenvalue weighted by atomic mass is 9.70. The summed E-state index contributed by atoms with van der Waals surface area (Å²) in [5.41, 5.74) is 2.46. The smallest absolute Gasteiger partial charge is 0.405 e. The van der Waals surface area contributed by atoms with Gasteiger partial charge in [0.1, 0.15) is 0 Å². The van der Waals surface area contributed by atoms with E-state index in [1.165, 1.54) is 6.07 Å². The average Bonchev–Trinajstić information content (AvgIpc) is 2.52. The van der Waals surface area contributed by atoms with Crippen molar-refractivity contribution < 1.29 is 18.7 Å². The number of hydrogen-bond acceptors (Lipinski definition) is 1. The van der Waals surface area contributed by atoms with Crippen LogP contribution < -0.4 is 5.32 Å². The van der Waals surface area contributed by atoms with Crippen molar-refractivity contribution >= 4 is 6.09 Å². The summed E-state index contributed by atoms with van der Waals surface area (Å²) >= 11 is 0. The standard InChI is InChI=1S/C19H19F2NO2/c1-19(2)9-8-12-10-11(13-4-3-5-15(20)16(13)21)6-7-14(12)17(19)22-18(23)24/h3-7,10,17,22H,8-9H2,1-2H3,(H,23,24). The lowest BCUT2D eigenvalue weighted by molar-refractivity contribution is 0.161. The van der Waals surface area contributed by atoms with Gasteiger partial charge in [-0.1, -0.05) is 44.2 Å². The van der Waals surface area contributed by atoms with Crippen LogP contribution in [-0.2, 0) is 6.42 Å². The summed E-state index contributed by atoms with van der Waals surface area (Å²) in [5.74, 6) is -1.74. The highest BCUT2D eigenvalue weighted by molar-refractivity contribution is 5.68. The number of benzene rings is 2. The summed E-state index contributed by atoms with van der Waals surface area (Å²) in [6.45, 7) is 4.05. The molecule has 1 atom stereocenters. The molecule has 2 aromatic rings. The summed E-state index contributed by atoms with van der Waals surface area (Å²) in [4.78, 5) is 11.1. The zero-order valence-electron chi connectivity index (χ0n) is 13.6. The van der Waals surface area contributed by atoms with Crippen LogP contribution in [0.15, 0.2) is 36.4 Å². The Kier molecular flexibility index (Phi) is 4.03. The van der Waals surface area contributed by atoms with Crippen LogP contribution >= 0.6 is 0 Å². The maximum absolute atomic E-state index is 14.0. The monoisotopic (exact) mass is 331 g/mol. The quantitative estimate of drug-likeness (QED) is 0.821. The van der Waals surface area contributed by atoms with Gasteiger partial charge in [0.25, 0.3) is 0 Å². The Morgan fingerprint density at radius 2 is 2.00 bits per heavy atom. The molecule has 1 amide bonds. The van der Waals surface area contributed by atoms with Gasteiger partial charge in [-0.3, -0.25) is 0 Å². The van der Waals surface area contributed by atoms with E-state index in [1.54, 1.807) is 12.1 Å². The van der Waals surface area contributed by atoms with Crippen molar-refractivity contribution in [3.63, 3.8) is 0 Å². The zero-order valence-corrected chi connectivity index (χ0v) is 13.6. The van der Waals surface area contributed by atoms with Gasteiger partial charge >= 0.3 is 6.09 Å². The number of carbonyl (C=O) groups is 1. The van der Waals surface area contributed by atoms with Gasteiger partial charge in [0.15, 0.2) is 11.6 Å². The van der Waals surface area contributed by atoms with E-state index in [-0.39, 0.29) is 17.0 Å². The largest absolute Gasteiger partial charge is 0.465 e. The minimum absolute atomic E-state index is 0.211. The summed E-state index contributed by atoms with van der Waals surface area (Å²) in [5, 5.41) is 11.7. The Morgan fingerprint density at radius 1 is 1.25 bits per heavy atom. The second-order valence-electron chi connectivity index (χ2n) is 6.89. The first-order valence-electron chi connectivity index (χ1n) is 7.86. The Hall–Kier alpha value is -2.43. The maximum Gasteiger partial charge on any atom is 0.405 e. The van der Waals surface area contributed by atoms with Crippen LogP contribution in [0.3, 0.4) is 0 Å². The summed E-state index contributed by atoms with van der Waals surface area (Å²) in [7, 11) is 0. The van der Waals surface area contributed by atoms with E-state index in [1.807, 2.05) is 26.0 Å². The van der Waals surface area contributed by atoms with Gasteiger partial charge < -0.3 is 10.4 Å². The number of halogens is 2. The number of fused-ring (bicyclic) bond motifs is 1. The maximum atomic E-state index is 14.0. The molecule has 3 nitrogen and oxygen atoms in total. The topological polar surface area (TPSA) is 49.3 Å². The number of amides is 1. The van der Waals surface area contributed by atoms with Crippen LogP contribution in [0.4, 0.5) is 13.6 Å². The Labute approximate surface area is 139 Å². The van der Waals surface area contributed by atoms with Gasteiger partial charge in [-0.15, -0.1) is 0 Å². The molecule has 0 bridgehead atoms. The third-order valence-corrected chi connectivity index (χ3v) is 4.80. The minimum Gasteiger partial charge on any atom is -0.465 e. The second-order valence-corrected chi connectivity index (χ2v) is 6.89. The van der Waals surface area contributed by atoms with Crippen LogP contribution in [0.2, 0.25) is 0 Å². The van der Waals surface area contributed by atoms with Crippen molar-refractivity contribution in [2.24, 2.45) is 5.41 Å². The molecular weight excluding hydrogens is 312 g/mol. The van der Waals surface area contributed by atoms with Crippen molar-refractivity contribution in [2.75, 3.05) is 0 Å². The van der Waals surface area contributed by atoms with Gasteiger partial charge in [0.05, 0.1) is 6.04 Å². The molecule has 0 saturated carbocycles. The molecule has 0 aliphatic heterocycles. The average molecular weight is 331 g/mol. The molecule has 0 radical (unpaired) electrons. The summed E-state index contributed by atoms with van der Waals surface area (Å²) in [6, 6.07) is 9.15. The third-order valence-electron chi connectivity index (χ3n) is 4.80. The SMILES string of the molecule is CC1(C)CCc2cc(-c3cccc(F)c3F)ccc2C1NC(=O)O. The van der Waals surface area contributed by atoms with Crippen LogP contribution in [-0.4, -0.2) is 11.2 Å². The van der Waals surface area contributed by atoms with E-state index in [0.717, 1.165) is 30.0 Å². The van der Waals surface area contributed by atoms with E-state index >= 15 is 0 Å². The molecular formula is C19H19F2NO2. The van der Waals surface area contributed by atoms with Crippen molar-refractivity contribution in [3.05, 3.63) is 59.2 Å². The lowest BCUT2D eigenvalue weighted by Crippen LogP contribution is -2.40. The van der Waals surface area contributed by atoms with Gasteiger partial charge in [-0.2, -0.15) is 0 Å². The van der Waals surface area contributed by atoms with E-state index < -0.39 is 17.7 Å². The van der Waals surface area contributed by atoms with Crippen LogP contribution in [0.1, 0.15) is 37.4 Å². The highest BCUT2D eigenvalue weighted by Gasteiger charge is 2.37. The first kappa shape index (κ1) is 16.4. The molecule has 1 unspecified atom stereocenters. The third kappa shape index (κ3) is 2.86. The van der Waals surface area contributed by atoms with Crippen LogP contribution in [0.25, 0.3) is 11.1 Å². The molecule has 0 heterocycles. The fourth-order valence-corrected chi connectivity index (χ4v) is 3.42. The Bertz CT molecular complexity index is 802. The fourth-order valence-electron chi connectivity index (χ4n) is 3.42. The molecule has 0 spiro atoms. The fraction of sp³-hybridized carbons (Fsp3) is 0.316. The van der Waals surface area contributed by atoms with Gasteiger partial charge in [0, 0.05) is 5.56 Å². The van der Waals surface area contributed by atoms with Crippen LogP contribution in [0.5, 0.6) is 0 Å². The van der Waals surface area contributed by atoms with Crippen molar-refractivity contribution in [3.8, 4) is 11.1 Å². The zero-order chi connectivity index (χ0) is 17.5. The number of nitrogens with one attached hydrogen (secondary N) is 1. The first-order chi connectivity index (χ1) is 11.3. The van der Waals surface area contributed by atoms with Gasteiger partial charge in [-0.05, 0) is 41.0 Å². The molecule has 126 valence electrons. The lowest BCUT2D eigenvalue weighted by Gasteiger charge is -2.40. The van der Waals surface area contributed by atoms with Crippen molar-refractivity contribution in [2.45, 2.75) is 32.7 Å². The minimum atomic E-state index is -1.07. The molecule has 0 saturated heterocycles. The number of rotatable bonds is 2. The van der Waals surface area contributed by atoms with Gasteiger partial charge in [-0.25, -0.2) is 13.6 Å². The molecule has 0 aromatic heterocycles. The van der Waals surface area contributed by atoms with E-state index in [2.05, 4.69) is 5.32 Å². The molecule has 0 fully saturated rings. The molecule has 1 aliphatic carbocycles. The van der Waals surface area contributed by atoms with E-state index in [9.17, 15) is 13.6 Å². The number of aryl methyl sites for hydroxylation is 1. The van der Waals surface area contributed by atoms with Crippen molar-refractivity contribution in [1.82, 2.24) is 5.32 Å². The first-order valence-corrected chi connectivity index (χ1v) is 7.86. The highest BCUT2D eigenvalue weighted by Crippen LogP contribution is 2.44. The molecule has 2 N–H and O–H groups in total.